The van der Waals surface area contributed by atoms with Crippen molar-refractivity contribution in [3.05, 3.63) is 0 Å². The number of hydrogen-bond donors (Lipinski definition) is 1. The lowest BCUT2D eigenvalue weighted by molar-refractivity contribution is -0.143. The average Bonchev–Trinajstić information content (AvgIpc) is 2.34. The number of aliphatic hydroxyl groups excluding tert-OH is 1. The lowest BCUT2D eigenvalue weighted by Gasteiger charge is -2.10. The first kappa shape index (κ1) is 7.96. The Kier molecular flexibility index (Phi) is 2.64. The largest absolute Gasteiger partial charge is 0.465 e. The first-order valence-electron chi connectivity index (χ1n) is 3.30. The lowest BCUT2D eigenvalue weighted by Crippen LogP contribution is -2.25. The van der Waals surface area contributed by atoms with Gasteiger partial charge in [-0.25, -0.2) is 0 Å². The maximum Gasteiger partial charge on any atom is 0.311 e. The second kappa shape index (κ2) is 3.31. The van der Waals surface area contributed by atoms with Gasteiger partial charge in [-0.15, -0.1) is 9.24 Å². The molecule has 3 atom stereocenters. The van der Waals surface area contributed by atoms with Crippen LogP contribution in [0.15, 0.2) is 0 Å². The van der Waals surface area contributed by atoms with Crippen LogP contribution in [0.4, 0.5) is 0 Å². The zero-order valence-corrected chi connectivity index (χ0v) is 6.77. The molecule has 0 aromatic carbocycles. The standard InChI is InChI=1S/C6H11O3P/c7-5(3-10)4-1-2-9-6(4)8/h4-5,7H,1-3,10H2. The number of cyclic esters (lactones) is 1. The van der Waals surface area contributed by atoms with Crippen molar-refractivity contribution in [2.45, 2.75) is 12.5 Å². The minimum atomic E-state index is -0.542. The van der Waals surface area contributed by atoms with Crippen LogP contribution in [0.5, 0.6) is 0 Å². The highest BCUT2D eigenvalue weighted by Gasteiger charge is 2.31. The molecule has 3 nitrogen and oxygen atoms in total. The van der Waals surface area contributed by atoms with Crippen LogP contribution in [-0.4, -0.2) is 29.9 Å². The molecule has 0 radical (unpaired) electrons. The van der Waals surface area contributed by atoms with Gasteiger partial charge in [0.05, 0.1) is 18.6 Å². The van der Waals surface area contributed by atoms with Gasteiger partial charge in [-0.1, -0.05) is 0 Å². The predicted molar refractivity (Wildman–Crippen MR) is 39.6 cm³/mol. The number of hydrogen-bond acceptors (Lipinski definition) is 3. The molecule has 1 aliphatic rings. The zero-order chi connectivity index (χ0) is 7.56. The summed E-state index contributed by atoms with van der Waals surface area (Å²) < 4.78 is 4.68. The van der Waals surface area contributed by atoms with Crippen molar-refractivity contribution in [1.82, 2.24) is 0 Å². The van der Waals surface area contributed by atoms with E-state index in [4.69, 9.17) is 0 Å². The van der Waals surface area contributed by atoms with E-state index in [2.05, 4.69) is 14.0 Å². The highest BCUT2D eigenvalue weighted by atomic mass is 31.0. The molecular weight excluding hydrogens is 151 g/mol. The van der Waals surface area contributed by atoms with Gasteiger partial charge in [0.1, 0.15) is 0 Å². The number of aliphatic hydroxyl groups is 1. The van der Waals surface area contributed by atoms with E-state index in [1.54, 1.807) is 0 Å². The zero-order valence-electron chi connectivity index (χ0n) is 5.62. The first-order chi connectivity index (χ1) is 4.75. The molecule has 1 rings (SSSR count). The number of rotatable bonds is 2. The van der Waals surface area contributed by atoms with Gasteiger partial charge in [-0.2, -0.15) is 0 Å². The maximum absolute atomic E-state index is 10.8. The van der Waals surface area contributed by atoms with E-state index < -0.39 is 6.10 Å². The van der Waals surface area contributed by atoms with E-state index in [1.165, 1.54) is 0 Å². The highest BCUT2D eigenvalue weighted by molar-refractivity contribution is 7.16. The van der Waals surface area contributed by atoms with E-state index in [1.807, 2.05) is 0 Å². The van der Waals surface area contributed by atoms with Crippen LogP contribution in [-0.2, 0) is 9.53 Å². The van der Waals surface area contributed by atoms with Crippen LogP contribution in [0.3, 0.4) is 0 Å². The molecular formula is C6H11O3P. The van der Waals surface area contributed by atoms with Gasteiger partial charge >= 0.3 is 5.97 Å². The van der Waals surface area contributed by atoms with E-state index in [9.17, 15) is 9.90 Å². The fourth-order valence-corrected chi connectivity index (χ4v) is 1.35. The Balaban J connectivity index is 2.46. The van der Waals surface area contributed by atoms with Crippen molar-refractivity contribution in [3.63, 3.8) is 0 Å². The van der Waals surface area contributed by atoms with Crippen LogP contribution in [0.25, 0.3) is 0 Å². The molecule has 1 fully saturated rings. The second-order valence-electron chi connectivity index (χ2n) is 2.37. The normalized spacial score (nSPS) is 28.2. The summed E-state index contributed by atoms with van der Waals surface area (Å²) in [4.78, 5) is 10.8. The molecule has 1 heterocycles. The smallest absolute Gasteiger partial charge is 0.311 e. The van der Waals surface area contributed by atoms with Gasteiger partial charge in [0, 0.05) is 0 Å². The quantitative estimate of drug-likeness (QED) is 0.451. The molecule has 3 unspecified atom stereocenters. The topological polar surface area (TPSA) is 46.5 Å². The second-order valence-corrected chi connectivity index (χ2v) is 2.84. The molecule has 1 aliphatic heterocycles. The minimum Gasteiger partial charge on any atom is -0.465 e. The number of esters is 1. The highest BCUT2D eigenvalue weighted by Crippen LogP contribution is 2.19. The van der Waals surface area contributed by atoms with Gasteiger partial charge in [0.25, 0.3) is 0 Å². The Labute approximate surface area is 62.0 Å². The van der Waals surface area contributed by atoms with Gasteiger partial charge in [0.2, 0.25) is 0 Å². The molecule has 0 saturated carbocycles. The van der Waals surface area contributed by atoms with E-state index in [-0.39, 0.29) is 11.9 Å². The van der Waals surface area contributed by atoms with Gasteiger partial charge in [0.15, 0.2) is 0 Å². The Morgan fingerprint density at radius 2 is 2.60 bits per heavy atom. The van der Waals surface area contributed by atoms with Crippen LogP contribution in [0.2, 0.25) is 0 Å². The number of carbonyl (C=O) groups is 1. The molecule has 58 valence electrons. The van der Waals surface area contributed by atoms with Gasteiger partial charge in [-0.3, -0.25) is 4.79 Å². The van der Waals surface area contributed by atoms with Crippen molar-refractivity contribution in [2.75, 3.05) is 12.8 Å². The number of carbonyl (C=O) groups excluding carboxylic acids is 1. The average molecular weight is 162 g/mol. The molecule has 4 heteroatoms. The third-order valence-corrected chi connectivity index (χ3v) is 2.16. The molecule has 1 N–H and O–H groups in total. The summed E-state index contributed by atoms with van der Waals surface area (Å²) in [5, 5.41) is 9.21. The van der Waals surface area contributed by atoms with E-state index in [0.29, 0.717) is 19.2 Å². The summed E-state index contributed by atoms with van der Waals surface area (Å²) >= 11 is 0. The molecule has 1 saturated heterocycles. The fraction of sp³-hybridized carbons (Fsp3) is 0.833. The van der Waals surface area contributed by atoms with Crippen molar-refractivity contribution in [3.8, 4) is 0 Å². The Morgan fingerprint density at radius 1 is 1.90 bits per heavy atom. The Hall–Kier alpha value is -0.140. The third-order valence-electron chi connectivity index (χ3n) is 1.68. The maximum atomic E-state index is 10.8. The Bertz CT molecular complexity index is 137. The van der Waals surface area contributed by atoms with Crippen molar-refractivity contribution in [1.29, 1.82) is 0 Å². The summed E-state index contributed by atoms with van der Waals surface area (Å²) in [5.41, 5.74) is 0. The molecule has 0 spiro atoms. The van der Waals surface area contributed by atoms with Gasteiger partial charge < -0.3 is 9.84 Å². The minimum absolute atomic E-state index is 0.255. The SMILES string of the molecule is O=C1OCCC1C(O)CP. The molecule has 0 aromatic rings. The number of ether oxygens (including phenoxy) is 1. The van der Waals surface area contributed by atoms with Crippen molar-refractivity contribution < 1.29 is 14.6 Å². The summed E-state index contributed by atoms with van der Waals surface area (Å²) in [6.07, 6.45) is 0.661. The van der Waals surface area contributed by atoms with E-state index in [0.717, 1.165) is 0 Å². The molecule has 0 bridgehead atoms. The third kappa shape index (κ3) is 1.47. The molecule has 0 aromatic heterocycles. The summed E-state index contributed by atoms with van der Waals surface area (Å²) in [6, 6.07) is 0. The van der Waals surface area contributed by atoms with Crippen LogP contribution >= 0.6 is 9.24 Å². The summed E-state index contributed by atoms with van der Waals surface area (Å²) in [7, 11) is 2.41. The van der Waals surface area contributed by atoms with Crippen molar-refractivity contribution in [2.24, 2.45) is 5.92 Å². The molecule has 0 amide bonds. The van der Waals surface area contributed by atoms with Crippen LogP contribution in [0.1, 0.15) is 6.42 Å². The first-order valence-corrected chi connectivity index (χ1v) is 4.12. The van der Waals surface area contributed by atoms with Crippen molar-refractivity contribution >= 4 is 15.2 Å². The van der Waals surface area contributed by atoms with Gasteiger partial charge in [-0.05, 0) is 12.6 Å². The summed E-state index contributed by atoms with van der Waals surface area (Å²) in [6.45, 7) is 0.464. The molecule has 10 heavy (non-hydrogen) atoms. The summed E-state index contributed by atoms with van der Waals surface area (Å²) in [5.74, 6) is -0.535. The fourth-order valence-electron chi connectivity index (χ4n) is 1.03. The lowest BCUT2D eigenvalue weighted by atomic mass is 10.0. The monoisotopic (exact) mass is 162 g/mol. The van der Waals surface area contributed by atoms with Crippen LogP contribution < -0.4 is 0 Å². The Morgan fingerprint density at radius 3 is 3.00 bits per heavy atom. The van der Waals surface area contributed by atoms with Crippen LogP contribution in [0, 0.1) is 5.92 Å². The predicted octanol–water partition coefficient (Wildman–Crippen LogP) is -0.215. The molecule has 0 aliphatic carbocycles. The van der Waals surface area contributed by atoms with E-state index >= 15 is 0 Å².